The van der Waals surface area contributed by atoms with Gasteiger partial charge in [-0.05, 0) is 40.8 Å². The van der Waals surface area contributed by atoms with Crippen molar-refractivity contribution in [2.24, 2.45) is 5.10 Å². The average molecular weight is 373 g/mol. The van der Waals surface area contributed by atoms with Crippen LogP contribution < -0.4 is 14.9 Å². The Morgan fingerprint density at radius 1 is 1.23 bits per heavy atom. The maximum Gasteiger partial charge on any atom is 0.284 e. The molecule has 3 rings (SSSR count). The van der Waals surface area contributed by atoms with Gasteiger partial charge >= 0.3 is 0 Å². The molecule has 1 heterocycles. The summed E-state index contributed by atoms with van der Waals surface area (Å²) in [5.41, 5.74) is 4.36. The van der Waals surface area contributed by atoms with E-state index in [0.29, 0.717) is 16.5 Å². The summed E-state index contributed by atoms with van der Waals surface area (Å²) >= 11 is 5.92. The third-order valence-corrected chi connectivity index (χ3v) is 4.23. The van der Waals surface area contributed by atoms with Gasteiger partial charge in [0, 0.05) is 5.02 Å². The van der Waals surface area contributed by atoms with Crippen LogP contribution in [0.15, 0.2) is 47.6 Å². The number of ether oxygens (including phenoxy) is 2. The zero-order valence-corrected chi connectivity index (χ0v) is 15.7. The first-order chi connectivity index (χ1) is 12.3. The van der Waals surface area contributed by atoms with E-state index in [2.05, 4.69) is 31.3 Å². The lowest BCUT2D eigenvalue weighted by atomic mass is 9.87. The maximum atomic E-state index is 12.3. The van der Waals surface area contributed by atoms with Crippen LogP contribution in [-0.2, 0) is 10.2 Å². The highest BCUT2D eigenvalue weighted by atomic mass is 35.5. The Hall–Kier alpha value is -2.53. The molecule has 5 nitrogen and oxygen atoms in total. The van der Waals surface area contributed by atoms with Crippen molar-refractivity contribution < 1.29 is 14.3 Å². The maximum absolute atomic E-state index is 12.3. The van der Waals surface area contributed by atoms with E-state index in [-0.39, 0.29) is 17.9 Å². The minimum absolute atomic E-state index is 0.0190. The fourth-order valence-corrected chi connectivity index (χ4v) is 2.70. The Labute approximate surface area is 158 Å². The monoisotopic (exact) mass is 372 g/mol. The summed E-state index contributed by atoms with van der Waals surface area (Å²) in [5, 5.41) is 4.56. The van der Waals surface area contributed by atoms with Gasteiger partial charge in [-0.15, -0.1) is 0 Å². The fourth-order valence-electron chi connectivity index (χ4n) is 2.50. The summed E-state index contributed by atoms with van der Waals surface area (Å²) in [5.74, 6) is 0.849. The van der Waals surface area contributed by atoms with Gasteiger partial charge in [0.1, 0.15) is 6.61 Å². The summed E-state index contributed by atoms with van der Waals surface area (Å²) in [6, 6.07) is 13.0. The van der Waals surface area contributed by atoms with Gasteiger partial charge in [0.2, 0.25) is 6.10 Å². The lowest BCUT2D eigenvalue weighted by Crippen LogP contribution is -2.42. The number of nitrogens with one attached hydrogen (secondary N) is 1. The van der Waals surface area contributed by atoms with E-state index in [1.165, 1.54) is 6.21 Å². The molecule has 26 heavy (non-hydrogen) atoms. The first kappa shape index (κ1) is 18.3. The van der Waals surface area contributed by atoms with Gasteiger partial charge in [0.15, 0.2) is 11.5 Å². The van der Waals surface area contributed by atoms with E-state index in [9.17, 15) is 4.79 Å². The van der Waals surface area contributed by atoms with Gasteiger partial charge in [0.05, 0.1) is 6.21 Å². The molecule has 0 aliphatic carbocycles. The van der Waals surface area contributed by atoms with Crippen LogP contribution >= 0.6 is 11.6 Å². The Morgan fingerprint density at radius 2 is 2.04 bits per heavy atom. The molecule has 2 aromatic rings. The molecule has 1 N–H and O–H groups in total. The second-order valence-electron chi connectivity index (χ2n) is 7.12. The molecule has 0 saturated heterocycles. The highest BCUT2D eigenvalue weighted by Gasteiger charge is 2.28. The predicted octanol–water partition coefficient (Wildman–Crippen LogP) is 3.93. The van der Waals surface area contributed by atoms with Crippen molar-refractivity contribution in [1.82, 2.24) is 5.43 Å². The van der Waals surface area contributed by atoms with E-state index in [0.717, 1.165) is 11.1 Å². The molecule has 0 saturated carbocycles. The third-order valence-electron chi connectivity index (χ3n) is 4.00. The van der Waals surface area contributed by atoms with Gasteiger partial charge in [0.25, 0.3) is 5.91 Å². The number of benzene rings is 2. The number of carbonyl (C=O) groups is 1. The van der Waals surface area contributed by atoms with Gasteiger partial charge in [-0.3, -0.25) is 4.79 Å². The lowest BCUT2D eigenvalue weighted by Gasteiger charge is -2.27. The average Bonchev–Trinajstić information content (AvgIpc) is 2.60. The SMILES string of the molecule is CC(C)(C)c1ccc2c(c1)O[C@@H](C(=O)N/N=C/c1cccc(Cl)c1)CO2. The number of fused-ring (bicyclic) bond motifs is 1. The zero-order valence-electron chi connectivity index (χ0n) is 15.0. The minimum atomic E-state index is -0.755. The number of halogens is 1. The van der Waals surface area contributed by atoms with Crippen LogP contribution in [0.1, 0.15) is 31.9 Å². The molecular weight excluding hydrogens is 352 g/mol. The fraction of sp³-hybridized carbons (Fsp3) is 0.300. The Kier molecular flexibility index (Phi) is 5.18. The number of hydrogen-bond donors (Lipinski definition) is 1. The lowest BCUT2D eigenvalue weighted by molar-refractivity contribution is -0.130. The van der Waals surface area contributed by atoms with Crippen molar-refractivity contribution in [3.63, 3.8) is 0 Å². The van der Waals surface area contributed by atoms with Crippen LogP contribution in [0.3, 0.4) is 0 Å². The zero-order chi connectivity index (χ0) is 18.7. The Bertz CT molecular complexity index is 843. The number of nitrogens with zero attached hydrogens (tertiary/aromatic N) is 1. The van der Waals surface area contributed by atoms with E-state index < -0.39 is 6.10 Å². The quantitative estimate of drug-likeness (QED) is 0.656. The molecular formula is C20H21ClN2O3. The second kappa shape index (κ2) is 7.38. The first-order valence-corrected chi connectivity index (χ1v) is 8.73. The molecule has 0 bridgehead atoms. The van der Waals surface area contributed by atoms with Crippen molar-refractivity contribution in [3.05, 3.63) is 58.6 Å². The van der Waals surface area contributed by atoms with E-state index in [1.54, 1.807) is 12.1 Å². The number of hydrazone groups is 1. The molecule has 0 aromatic heterocycles. The second-order valence-corrected chi connectivity index (χ2v) is 7.55. The Balaban J connectivity index is 1.65. The summed E-state index contributed by atoms with van der Waals surface area (Å²) in [6.07, 6.45) is 0.772. The van der Waals surface area contributed by atoms with Crippen LogP contribution in [0.25, 0.3) is 0 Å². The molecule has 1 aliphatic heterocycles. The summed E-state index contributed by atoms with van der Waals surface area (Å²) < 4.78 is 11.5. The van der Waals surface area contributed by atoms with Crippen molar-refractivity contribution >= 4 is 23.7 Å². The Morgan fingerprint density at radius 3 is 2.77 bits per heavy atom. The van der Waals surface area contributed by atoms with Crippen molar-refractivity contribution in [2.45, 2.75) is 32.3 Å². The minimum Gasteiger partial charge on any atom is -0.485 e. The number of amides is 1. The van der Waals surface area contributed by atoms with Crippen molar-refractivity contribution in [1.29, 1.82) is 0 Å². The number of rotatable bonds is 3. The first-order valence-electron chi connectivity index (χ1n) is 8.35. The predicted molar refractivity (Wildman–Crippen MR) is 102 cm³/mol. The molecule has 0 unspecified atom stereocenters. The van der Waals surface area contributed by atoms with Crippen LogP contribution in [0.5, 0.6) is 11.5 Å². The highest BCUT2D eigenvalue weighted by Crippen LogP contribution is 2.36. The van der Waals surface area contributed by atoms with Crippen LogP contribution in [0, 0.1) is 0 Å². The molecule has 0 fully saturated rings. The van der Waals surface area contributed by atoms with Crippen LogP contribution in [0.2, 0.25) is 5.02 Å². The van der Waals surface area contributed by atoms with Crippen molar-refractivity contribution in [2.75, 3.05) is 6.61 Å². The van der Waals surface area contributed by atoms with Gasteiger partial charge in [-0.25, -0.2) is 5.43 Å². The largest absolute Gasteiger partial charge is 0.485 e. The molecule has 136 valence electrons. The number of carbonyl (C=O) groups excluding carboxylic acids is 1. The summed E-state index contributed by atoms with van der Waals surface area (Å²) in [6.45, 7) is 6.49. The van der Waals surface area contributed by atoms with Crippen LogP contribution in [0.4, 0.5) is 0 Å². The normalized spacial score (nSPS) is 16.5. The highest BCUT2D eigenvalue weighted by molar-refractivity contribution is 6.30. The number of hydrogen-bond acceptors (Lipinski definition) is 4. The molecule has 1 aliphatic rings. The molecule has 0 radical (unpaired) electrons. The van der Waals surface area contributed by atoms with Gasteiger partial charge < -0.3 is 9.47 Å². The summed E-state index contributed by atoms with van der Waals surface area (Å²) in [4.78, 5) is 12.3. The molecule has 1 atom stereocenters. The van der Waals surface area contributed by atoms with E-state index in [1.807, 2.05) is 30.3 Å². The van der Waals surface area contributed by atoms with E-state index in [4.69, 9.17) is 21.1 Å². The smallest absolute Gasteiger partial charge is 0.284 e. The standard InChI is InChI=1S/C20H21ClN2O3/c1-20(2,3)14-7-8-16-17(10-14)26-18(12-25-16)19(24)23-22-11-13-5-4-6-15(21)9-13/h4-11,18H,12H2,1-3H3,(H,23,24)/b22-11+/t18-/m1/s1. The third kappa shape index (κ3) is 4.35. The van der Waals surface area contributed by atoms with Crippen molar-refractivity contribution in [3.8, 4) is 11.5 Å². The molecule has 0 spiro atoms. The van der Waals surface area contributed by atoms with Gasteiger partial charge in [-0.2, -0.15) is 5.10 Å². The summed E-state index contributed by atoms with van der Waals surface area (Å²) in [7, 11) is 0. The topological polar surface area (TPSA) is 59.9 Å². The molecule has 2 aromatic carbocycles. The van der Waals surface area contributed by atoms with Crippen LogP contribution in [-0.4, -0.2) is 24.8 Å². The van der Waals surface area contributed by atoms with Gasteiger partial charge in [-0.1, -0.05) is 50.6 Å². The van der Waals surface area contributed by atoms with E-state index >= 15 is 0 Å². The molecule has 6 heteroatoms. The molecule has 1 amide bonds.